The molecule has 0 aromatic heterocycles. The lowest BCUT2D eigenvalue weighted by molar-refractivity contribution is -0.129. The van der Waals surface area contributed by atoms with E-state index in [-0.39, 0.29) is 17.5 Å². The van der Waals surface area contributed by atoms with E-state index < -0.39 is 0 Å². The first-order valence-electron chi connectivity index (χ1n) is 12.8. The van der Waals surface area contributed by atoms with E-state index in [2.05, 4.69) is 17.3 Å². The fraction of sp³-hybridized carbons (Fsp3) is 0.379. The van der Waals surface area contributed by atoms with Gasteiger partial charge in [0.25, 0.3) is 0 Å². The third kappa shape index (κ3) is 6.10. The zero-order chi connectivity index (χ0) is 26.4. The van der Waals surface area contributed by atoms with Crippen molar-refractivity contribution in [2.75, 3.05) is 27.2 Å². The summed E-state index contributed by atoms with van der Waals surface area (Å²) in [5, 5.41) is 13.9. The smallest absolute Gasteiger partial charge is 0.245 e. The second kappa shape index (κ2) is 11.7. The SMILES string of the molecule is C=CC(=O)N1CCC2(CC1)CC(NC(C(C=N)=C(N)c1ccc(Oc3ccccc3)cc1)N(C)NC)C2. The van der Waals surface area contributed by atoms with Crippen LogP contribution in [0.4, 0.5) is 0 Å². The van der Waals surface area contributed by atoms with Crippen molar-refractivity contribution in [3.05, 3.63) is 78.4 Å². The van der Waals surface area contributed by atoms with E-state index in [9.17, 15) is 4.79 Å². The number of hydrazine groups is 1. The minimum atomic E-state index is -0.271. The minimum absolute atomic E-state index is 0.0236. The topological polar surface area (TPSA) is 107 Å². The molecule has 1 amide bonds. The zero-order valence-electron chi connectivity index (χ0n) is 21.7. The summed E-state index contributed by atoms with van der Waals surface area (Å²) < 4.78 is 5.90. The van der Waals surface area contributed by atoms with Gasteiger partial charge in [-0.1, -0.05) is 24.8 Å². The summed E-state index contributed by atoms with van der Waals surface area (Å²) in [6.45, 7) is 5.19. The minimum Gasteiger partial charge on any atom is -0.457 e. The zero-order valence-corrected chi connectivity index (χ0v) is 21.7. The lowest BCUT2D eigenvalue weighted by Crippen LogP contribution is -2.60. The highest BCUT2D eigenvalue weighted by Crippen LogP contribution is 2.49. The molecule has 4 rings (SSSR count). The molecular formula is C29H38N6O2. The number of nitrogens with two attached hydrogens (primary N) is 1. The highest BCUT2D eigenvalue weighted by atomic mass is 16.5. The van der Waals surface area contributed by atoms with Gasteiger partial charge in [0.05, 0.1) is 0 Å². The molecule has 196 valence electrons. The molecule has 1 atom stereocenters. The van der Waals surface area contributed by atoms with Crippen molar-refractivity contribution in [2.24, 2.45) is 11.1 Å². The van der Waals surface area contributed by atoms with Gasteiger partial charge in [0, 0.05) is 43.7 Å². The molecule has 1 saturated heterocycles. The number of nitrogens with zero attached hydrogens (tertiary/aromatic N) is 2. The van der Waals surface area contributed by atoms with Gasteiger partial charge >= 0.3 is 0 Å². The van der Waals surface area contributed by atoms with Gasteiger partial charge in [-0.15, -0.1) is 0 Å². The Bertz CT molecular complexity index is 1110. The van der Waals surface area contributed by atoms with Crippen molar-refractivity contribution in [3.63, 3.8) is 0 Å². The molecular weight excluding hydrogens is 464 g/mol. The van der Waals surface area contributed by atoms with Crippen LogP contribution in [-0.2, 0) is 4.79 Å². The first kappa shape index (κ1) is 26.6. The van der Waals surface area contributed by atoms with E-state index >= 15 is 0 Å². The number of carbonyl (C=O) groups excluding carboxylic acids is 1. The van der Waals surface area contributed by atoms with Crippen molar-refractivity contribution in [1.82, 2.24) is 20.7 Å². The van der Waals surface area contributed by atoms with Crippen LogP contribution in [0.1, 0.15) is 31.2 Å². The molecule has 5 N–H and O–H groups in total. The highest BCUT2D eigenvalue weighted by molar-refractivity contribution is 5.90. The standard InChI is InChI=1S/C29H38N6O2/c1-4-26(36)35-16-14-29(15-17-35)18-22(19-29)33-28(34(3)32-2)25(20-30)27(31)21-10-12-24(13-11-21)37-23-8-6-5-7-9-23/h4-13,20,22,28,30,32-33H,1,14-19,31H2,2-3H3. The number of likely N-dealkylation sites (N-methyl/N-ethyl adjacent to an activating group) is 1. The molecule has 2 aromatic rings. The quantitative estimate of drug-likeness (QED) is 0.171. The summed E-state index contributed by atoms with van der Waals surface area (Å²) in [7, 11) is 3.80. The van der Waals surface area contributed by atoms with Gasteiger partial charge < -0.3 is 20.8 Å². The van der Waals surface area contributed by atoms with Crippen molar-refractivity contribution in [1.29, 1.82) is 5.41 Å². The van der Waals surface area contributed by atoms with Crippen LogP contribution < -0.4 is 21.2 Å². The van der Waals surface area contributed by atoms with Crippen LogP contribution in [-0.4, -0.2) is 61.4 Å². The number of hydrogen-bond acceptors (Lipinski definition) is 7. The van der Waals surface area contributed by atoms with Gasteiger partial charge in [0.1, 0.15) is 17.7 Å². The lowest BCUT2D eigenvalue weighted by atomic mass is 9.60. The lowest BCUT2D eigenvalue weighted by Gasteiger charge is -2.53. The van der Waals surface area contributed by atoms with Gasteiger partial charge in [-0.2, -0.15) is 0 Å². The largest absolute Gasteiger partial charge is 0.457 e. The van der Waals surface area contributed by atoms with E-state index in [0.717, 1.165) is 55.8 Å². The first-order valence-corrected chi connectivity index (χ1v) is 12.8. The maximum absolute atomic E-state index is 11.9. The third-order valence-electron chi connectivity index (χ3n) is 7.71. The predicted octanol–water partition coefficient (Wildman–Crippen LogP) is 3.74. The van der Waals surface area contributed by atoms with Crippen molar-refractivity contribution < 1.29 is 9.53 Å². The van der Waals surface area contributed by atoms with E-state index in [1.807, 2.05) is 78.6 Å². The number of benzene rings is 2. The summed E-state index contributed by atoms with van der Waals surface area (Å²) >= 11 is 0. The molecule has 0 radical (unpaired) electrons. The van der Waals surface area contributed by atoms with Crippen molar-refractivity contribution >= 4 is 17.8 Å². The molecule has 2 fully saturated rings. The number of piperidine rings is 1. The Labute approximate surface area is 219 Å². The van der Waals surface area contributed by atoms with Crippen molar-refractivity contribution in [2.45, 2.75) is 37.9 Å². The second-order valence-electron chi connectivity index (χ2n) is 9.99. The normalized spacial score (nSPS) is 18.6. The van der Waals surface area contributed by atoms with Crippen LogP contribution in [0.3, 0.4) is 0 Å². The fourth-order valence-electron chi connectivity index (χ4n) is 5.40. The third-order valence-corrected chi connectivity index (χ3v) is 7.71. The van der Waals surface area contributed by atoms with Crippen LogP contribution in [0.5, 0.6) is 11.5 Å². The summed E-state index contributed by atoms with van der Waals surface area (Å²) in [4.78, 5) is 13.8. The Morgan fingerprint density at radius 2 is 1.78 bits per heavy atom. The predicted molar refractivity (Wildman–Crippen MR) is 148 cm³/mol. The van der Waals surface area contributed by atoms with Gasteiger partial charge in [0.15, 0.2) is 0 Å². The molecule has 2 aliphatic rings. The molecule has 0 bridgehead atoms. The van der Waals surface area contributed by atoms with Crippen LogP contribution in [0.15, 0.2) is 72.8 Å². The number of nitrogens with one attached hydrogen (secondary N) is 3. The molecule has 1 spiro atoms. The summed E-state index contributed by atoms with van der Waals surface area (Å²) in [6.07, 6.45) is 6.60. The van der Waals surface area contributed by atoms with Gasteiger partial charge in [0.2, 0.25) is 5.91 Å². The summed E-state index contributed by atoms with van der Waals surface area (Å²) in [5.41, 5.74) is 12.2. The molecule has 8 nitrogen and oxygen atoms in total. The number of rotatable bonds is 10. The summed E-state index contributed by atoms with van der Waals surface area (Å²) in [6, 6.07) is 17.6. The number of para-hydroxylation sites is 1. The van der Waals surface area contributed by atoms with Crippen LogP contribution in [0, 0.1) is 10.8 Å². The van der Waals surface area contributed by atoms with E-state index in [0.29, 0.717) is 17.3 Å². The average molecular weight is 503 g/mol. The number of ether oxygens (including phenoxy) is 1. The molecule has 1 unspecified atom stereocenters. The van der Waals surface area contributed by atoms with E-state index in [1.54, 1.807) is 0 Å². The molecule has 1 saturated carbocycles. The van der Waals surface area contributed by atoms with Crippen LogP contribution >= 0.6 is 0 Å². The Kier molecular flexibility index (Phi) is 8.43. The van der Waals surface area contributed by atoms with Gasteiger partial charge in [-0.3, -0.25) is 15.5 Å². The first-order chi connectivity index (χ1) is 17.9. The number of likely N-dealkylation sites (tertiary alicyclic amines) is 1. The fourth-order valence-corrected chi connectivity index (χ4v) is 5.40. The number of hydrogen-bond donors (Lipinski definition) is 4. The molecule has 1 heterocycles. The Morgan fingerprint density at radius 1 is 1.16 bits per heavy atom. The van der Waals surface area contributed by atoms with Crippen LogP contribution in [0.2, 0.25) is 0 Å². The molecule has 1 aliphatic heterocycles. The number of amides is 1. The Balaban J connectivity index is 1.43. The Morgan fingerprint density at radius 3 is 2.35 bits per heavy atom. The average Bonchev–Trinajstić information content (AvgIpc) is 2.92. The molecule has 37 heavy (non-hydrogen) atoms. The maximum Gasteiger partial charge on any atom is 0.245 e. The monoisotopic (exact) mass is 502 g/mol. The molecule has 2 aromatic carbocycles. The Hall–Kier alpha value is -3.46. The molecule has 1 aliphatic carbocycles. The summed E-state index contributed by atoms with van der Waals surface area (Å²) in [5.74, 6) is 1.52. The number of carbonyl (C=O) groups is 1. The van der Waals surface area contributed by atoms with Gasteiger partial charge in [-0.25, -0.2) is 5.01 Å². The van der Waals surface area contributed by atoms with Crippen LogP contribution in [0.25, 0.3) is 5.70 Å². The highest BCUT2D eigenvalue weighted by Gasteiger charge is 2.47. The maximum atomic E-state index is 11.9. The van der Waals surface area contributed by atoms with Gasteiger partial charge in [-0.05, 0) is 86.2 Å². The second-order valence-corrected chi connectivity index (χ2v) is 9.99. The van der Waals surface area contributed by atoms with E-state index in [1.165, 1.54) is 12.3 Å². The molecule has 8 heteroatoms. The van der Waals surface area contributed by atoms with E-state index in [4.69, 9.17) is 15.9 Å². The van der Waals surface area contributed by atoms with Crippen molar-refractivity contribution in [3.8, 4) is 11.5 Å².